The first kappa shape index (κ1) is 13.9. The molecule has 3 aromatic rings. The Kier molecular flexibility index (Phi) is 3.42. The molecule has 112 valence electrons. The zero-order valence-electron chi connectivity index (χ0n) is 11.6. The van der Waals surface area contributed by atoms with Gasteiger partial charge in [0.25, 0.3) is 5.95 Å². The van der Waals surface area contributed by atoms with Crippen LogP contribution in [0.4, 0.5) is 26.4 Å². The summed E-state index contributed by atoms with van der Waals surface area (Å²) in [6.45, 7) is 0. The van der Waals surface area contributed by atoms with Crippen LogP contribution in [0.25, 0.3) is 5.82 Å². The number of anilines is 3. The second kappa shape index (κ2) is 5.40. The molecule has 6 nitrogen and oxygen atoms in total. The maximum atomic E-state index is 13.8. The number of rotatable bonds is 3. The molecule has 2 N–H and O–H groups in total. The number of nitrogens with two attached hydrogens (primary N) is 1. The summed E-state index contributed by atoms with van der Waals surface area (Å²) in [4.78, 5) is 9.49. The largest absolute Gasteiger partial charge is 0.368 e. The van der Waals surface area contributed by atoms with Gasteiger partial charge in [-0.2, -0.15) is 9.67 Å². The van der Waals surface area contributed by atoms with E-state index >= 15 is 0 Å². The Bertz CT molecular complexity index is 802. The first-order valence-corrected chi connectivity index (χ1v) is 6.39. The van der Waals surface area contributed by atoms with Crippen molar-refractivity contribution in [1.29, 1.82) is 0 Å². The number of benzene rings is 1. The van der Waals surface area contributed by atoms with Crippen molar-refractivity contribution in [1.82, 2.24) is 19.7 Å². The number of aromatic nitrogens is 4. The number of hydrogen-bond donors (Lipinski definition) is 1. The summed E-state index contributed by atoms with van der Waals surface area (Å²) in [5.41, 5.74) is 5.82. The molecule has 0 aliphatic rings. The Morgan fingerprint density at radius 2 is 2.00 bits per heavy atom. The minimum Gasteiger partial charge on any atom is -0.368 e. The molecule has 0 saturated carbocycles. The summed E-state index contributed by atoms with van der Waals surface area (Å²) in [6.07, 6.45) is 1.59. The third-order valence-electron chi connectivity index (χ3n) is 3.06. The van der Waals surface area contributed by atoms with E-state index in [0.717, 1.165) is 18.2 Å². The van der Waals surface area contributed by atoms with Gasteiger partial charge in [-0.1, -0.05) is 6.07 Å². The number of nitrogens with zero attached hydrogens (tertiary/aromatic N) is 5. The molecule has 3 rings (SSSR count). The third-order valence-corrected chi connectivity index (χ3v) is 3.06. The third kappa shape index (κ3) is 2.46. The Hall–Kier alpha value is -3.03. The highest BCUT2D eigenvalue weighted by Crippen LogP contribution is 2.25. The summed E-state index contributed by atoms with van der Waals surface area (Å²) in [5.74, 6) is -0.436. The van der Waals surface area contributed by atoms with Gasteiger partial charge < -0.3 is 10.6 Å². The summed E-state index contributed by atoms with van der Waals surface area (Å²) in [5, 5.41) is 4.18. The molecule has 22 heavy (non-hydrogen) atoms. The highest BCUT2D eigenvalue weighted by atomic mass is 19.1. The number of halogens is 2. The van der Waals surface area contributed by atoms with Gasteiger partial charge in [0.2, 0.25) is 5.95 Å². The first-order chi connectivity index (χ1) is 10.6. The van der Waals surface area contributed by atoms with Crippen molar-refractivity contribution < 1.29 is 8.78 Å². The minimum atomic E-state index is -0.586. The molecule has 2 heterocycles. The average Bonchev–Trinajstić information content (AvgIpc) is 2.92. The van der Waals surface area contributed by atoms with Crippen LogP contribution >= 0.6 is 0 Å². The van der Waals surface area contributed by atoms with E-state index in [1.165, 1.54) is 16.6 Å². The van der Waals surface area contributed by atoms with Gasteiger partial charge in [0.15, 0.2) is 5.82 Å². The second-order valence-corrected chi connectivity index (χ2v) is 4.52. The van der Waals surface area contributed by atoms with E-state index in [1.54, 1.807) is 24.4 Å². The van der Waals surface area contributed by atoms with Crippen LogP contribution in [0.1, 0.15) is 0 Å². The van der Waals surface area contributed by atoms with E-state index in [9.17, 15) is 8.78 Å². The monoisotopic (exact) mass is 302 g/mol. The standard InChI is InChI=1S/C14H12F2N6/c1-21(11-8-9(15)5-6-10(11)16)14-19-13(17)22(20-14)12-4-2-3-7-18-12/h2-8H,1H3,(H2,17,19,20). The lowest BCUT2D eigenvalue weighted by molar-refractivity contribution is 0.599. The molecule has 2 aromatic heterocycles. The lowest BCUT2D eigenvalue weighted by atomic mass is 10.3. The molecular weight excluding hydrogens is 290 g/mol. The van der Waals surface area contributed by atoms with Crippen molar-refractivity contribution in [3.8, 4) is 5.82 Å². The highest BCUT2D eigenvalue weighted by Gasteiger charge is 2.17. The molecule has 8 heteroatoms. The number of hydrogen-bond acceptors (Lipinski definition) is 5. The first-order valence-electron chi connectivity index (χ1n) is 6.39. The molecule has 0 spiro atoms. The fourth-order valence-corrected chi connectivity index (χ4v) is 1.95. The smallest absolute Gasteiger partial charge is 0.251 e. The predicted molar refractivity (Wildman–Crippen MR) is 78.0 cm³/mol. The van der Waals surface area contributed by atoms with Crippen LogP contribution in [0.2, 0.25) is 0 Å². The molecule has 0 atom stereocenters. The molecular formula is C14H12F2N6. The maximum absolute atomic E-state index is 13.8. The number of pyridine rings is 1. The summed E-state index contributed by atoms with van der Waals surface area (Å²) < 4.78 is 28.4. The summed E-state index contributed by atoms with van der Waals surface area (Å²) in [6, 6.07) is 8.39. The van der Waals surface area contributed by atoms with E-state index in [1.807, 2.05) is 0 Å². The van der Waals surface area contributed by atoms with Gasteiger partial charge in [-0.05, 0) is 24.3 Å². The van der Waals surface area contributed by atoms with Crippen molar-refractivity contribution in [2.75, 3.05) is 17.7 Å². The molecule has 1 aromatic carbocycles. The van der Waals surface area contributed by atoms with Crippen molar-refractivity contribution >= 4 is 17.6 Å². The normalized spacial score (nSPS) is 10.7. The quantitative estimate of drug-likeness (QED) is 0.803. The zero-order valence-corrected chi connectivity index (χ0v) is 11.6. The second-order valence-electron chi connectivity index (χ2n) is 4.52. The zero-order chi connectivity index (χ0) is 15.7. The SMILES string of the molecule is CN(c1nc(N)n(-c2ccccn2)n1)c1cc(F)ccc1F. The predicted octanol–water partition coefficient (Wildman–Crippen LogP) is 2.29. The van der Waals surface area contributed by atoms with Crippen molar-refractivity contribution in [2.24, 2.45) is 0 Å². The minimum absolute atomic E-state index is 0.0122. The van der Waals surface area contributed by atoms with Crippen LogP contribution in [-0.2, 0) is 0 Å². The summed E-state index contributed by atoms with van der Waals surface area (Å²) >= 11 is 0. The molecule has 0 radical (unpaired) electrons. The maximum Gasteiger partial charge on any atom is 0.251 e. The fourth-order valence-electron chi connectivity index (χ4n) is 1.95. The molecule has 0 aliphatic carbocycles. The van der Waals surface area contributed by atoms with Crippen LogP contribution < -0.4 is 10.6 Å². The van der Waals surface area contributed by atoms with Gasteiger partial charge >= 0.3 is 0 Å². The lowest BCUT2D eigenvalue weighted by Crippen LogP contribution is -2.13. The van der Waals surface area contributed by atoms with E-state index in [-0.39, 0.29) is 17.6 Å². The van der Waals surface area contributed by atoms with Gasteiger partial charge in [-0.15, -0.1) is 5.10 Å². The van der Waals surface area contributed by atoms with E-state index in [2.05, 4.69) is 15.1 Å². The Morgan fingerprint density at radius 1 is 1.18 bits per heavy atom. The average molecular weight is 302 g/mol. The molecule has 0 amide bonds. The molecule has 0 saturated heterocycles. The van der Waals surface area contributed by atoms with Gasteiger partial charge in [0.1, 0.15) is 11.6 Å². The van der Waals surface area contributed by atoms with Crippen molar-refractivity contribution in [3.63, 3.8) is 0 Å². The van der Waals surface area contributed by atoms with Gasteiger partial charge in [-0.3, -0.25) is 0 Å². The van der Waals surface area contributed by atoms with Crippen LogP contribution in [0.3, 0.4) is 0 Å². The van der Waals surface area contributed by atoms with Gasteiger partial charge in [0.05, 0.1) is 5.69 Å². The van der Waals surface area contributed by atoms with Gasteiger partial charge in [-0.25, -0.2) is 13.8 Å². The lowest BCUT2D eigenvalue weighted by Gasteiger charge is -2.15. The topological polar surface area (TPSA) is 72.9 Å². The summed E-state index contributed by atoms with van der Waals surface area (Å²) in [7, 11) is 1.52. The Labute approximate surface area is 124 Å². The Morgan fingerprint density at radius 3 is 2.73 bits per heavy atom. The molecule has 0 aliphatic heterocycles. The highest BCUT2D eigenvalue weighted by molar-refractivity contribution is 5.58. The number of nitrogen functional groups attached to an aromatic ring is 1. The van der Waals surface area contributed by atoms with Crippen LogP contribution in [0.15, 0.2) is 42.6 Å². The van der Waals surface area contributed by atoms with E-state index in [4.69, 9.17) is 5.73 Å². The molecule has 0 fully saturated rings. The van der Waals surface area contributed by atoms with E-state index < -0.39 is 11.6 Å². The van der Waals surface area contributed by atoms with Crippen molar-refractivity contribution in [3.05, 3.63) is 54.2 Å². The fraction of sp³-hybridized carbons (Fsp3) is 0.0714. The molecule has 0 bridgehead atoms. The van der Waals surface area contributed by atoms with Gasteiger partial charge in [0, 0.05) is 19.3 Å². The van der Waals surface area contributed by atoms with E-state index in [0.29, 0.717) is 5.82 Å². The van der Waals surface area contributed by atoms with Crippen LogP contribution in [0.5, 0.6) is 0 Å². The van der Waals surface area contributed by atoms with Crippen molar-refractivity contribution in [2.45, 2.75) is 0 Å². The molecule has 0 unspecified atom stereocenters. The van der Waals surface area contributed by atoms with Crippen LogP contribution in [0, 0.1) is 11.6 Å². The Balaban J connectivity index is 2.01. The van der Waals surface area contributed by atoms with Crippen LogP contribution in [-0.4, -0.2) is 26.8 Å².